The third-order valence-corrected chi connectivity index (χ3v) is 1.52. The van der Waals surface area contributed by atoms with Crippen LogP contribution in [0.5, 0.6) is 0 Å². The molecular weight excluding hydrogens is 184 g/mol. The fraction of sp³-hybridized carbons (Fsp3) is 0.100. The van der Waals surface area contributed by atoms with Crippen molar-refractivity contribution in [1.82, 2.24) is 0 Å². The van der Waals surface area contributed by atoms with Gasteiger partial charge in [-0.1, -0.05) is 36.4 Å². The fourth-order valence-electron chi connectivity index (χ4n) is 0.824. The monoisotopic (exact) mass is 196 g/mol. The molecule has 0 aliphatic heterocycles. The molecule has 0 radical (unpaired) electrons. The normalized spacial score (nSPS) is 11.3. The molecule has 2 nitrogen and oxygen atoms in total. The Morgan fingerprint density at radius 3 is 2.46 bits per heavy atom. The summed E-state index contributed by atoms with van der Waals surface area (Å²) in [4.78, 5) is 0. The molecule has 0 spiro atoms. The highest BCUT2D eigenvalue weighted by atomic mass is 35.5. The fourth-order valence-corrected chi connectivity index (χ4v) is 0.824. The molecule has 1 aromatic rings. The van der Waals surface area contributed by atoms with Crippen molar-refractivity contribution in [3.63, 3.8) is 0 Å². The van der Waals surface area contributed by atoms with Gasteiger partial charge in [-0.2, -0.15) is 5.10 Å². The van der Waals surface area contributed by atoms with E-state index >= 15 is 0 Å². The van der Waals surface area contributed by atoms with Gasteiger partial charge in [-0.05, 0) is 18.6 Å². The van der Waals surface area contributed by atoms with Gasteiger partial charge >= 0.3 is 0 Å². The maximum absolute atomic E-state index is 5.07. The van der Waals surface area contributed by atoms with Crippen molar-refractivity contribution >= 4 is 24.2 Å². The molecule has 0 heterocycles. The molecule has 0 unspecified atom stereocenters. The van der Waals surface area contributed by atoms with Crippen molar-refractivity contribution in [1.29, 1.82) is 0 Å². The molecule has 1 aromatic carbocycles. The second-order valence-electron chi connectivity index (χ2n) is 2.51. The summed E-state index contributed by atoms with van der Waals surface area (Å²) in [5.41, 5.74) is 1.97. The Morgan fingerprint density at radius 2 is 1.92 bits per heavy atom. The zero-order valence-corrected chi connectivity index (χ0v) is 8.29. The number of halogens is 1. The van der Waals surface area contributed by atoms with Crippen LogP contribution in [0, 0.1) is 0 Å². The predicted octanol–water partition coefficient (Wildman–Crippen LogP) is 2.46. The Kier molecular flexibility index (Phi) is 5.64. The van der Waals surface area contributed by atoms with Crippen LogP contribution in [0.2, 0.25) is 0 Å². The van der Waals surface area contributed by atoms with Gasteiger partial charge < -0.3 is 5.84 Å². The minimum absolute atomic E-state index is 0. The zero-order valence-electron chi connectivity index (χ0n) is 7.47. The van der Waals surface area contributed by atoms with Gasteiger partial charge in [0.25, 0.3) is 0 Å². The van der Waals surface area contributed by atoms with E-state index in [1.165, 1.54) is 0 Å². The Balaban J connectivity index is 0.00000144. The van der Waals surface area contributed by atoms with E-state index in [9.17, 15) is 0 Å². The number of benzene rings is 1. The maximum atomic E-state index is 5.07. The van der Waals surface area contributed by atoms with Gasteiger partial charge in [0.2, 0.25) is 0 Å². The van der Waals surface area contributed by atoms with Gasteiger partial charge in [0.1, 0.15) is 0 Å². The minimum Gasteiger partial charge on any atom is -0.323 e. The number of nitrogens with two attached hydrogens (primary N) is 1. The molecule has 0 bridgehead atoms. The molecule has 0 fully saturated rings. The number of allylic oxidation sites excluding steroid dienone is 1. The first-order chi connectivity index (χ1) is 5.83. The van der Waals surface area contributed by atoms with Gasteiger partial charge in [-0.25, -0.2) is 0 Å². The highest BCUT2D eigenvalue weighted by molar-refractivity contribution is 5.96. The van der Waals surface area contributed by atoms with E-state index in [0.29, 0.717) is 0 Å². The first kappa shape index (κ1) is 11.7. The van der Waals surface area contributed by atoms with Crippen molar-refractivity contribution in [3.8, 4) is 0 Å². The Hall–Kier alpha value is -1.28. The SMILES string of the molecule is CC(/C=C/c1ccccc1)=N\N.Cl. The van der Waals surface area contributed by atoms with E-state index < -0.39 is 0 Å². The highest BCUT2D eigenvalue weighted by Gasteiger charge is 1.83. The molecule has 0 aliphatic rings. The number of nitrogens with zero attached hydrogens (tertiary/aromatic N) is 1. The van der Waals surface area contributed by atoms with E-state index in [0.717, 1.165) is 11.3 Å². The lowest BCUT2D eigenvalue weighted by molar-refractivity contribution is 1.24. The summed E-state index contributed by atoms with van der Waals surface area (Å²) in [5, 5.41) is 3.53. The smallest absolute Gasteiger partial charge is 0.0569 e. The van der Waals surface area contributed by atoms with E-state index in [1.54, 1.807) is 0 Å². The third kappa shape index (κ3) is 4.33. The van der Waals surface area contributed by atoms with Crippen molar-refractivity contribution in [2.75, 3.05) is 0 Å². The van der Waals surface area contributed by atoms with Crippen LogP contribution in [0.1, 0.15) is 12.5 Å². The van der Waals surface area contributed by atoms with Crippen molar-refractivity contribution in [2.45, 2.75) is 6.92 Å². The van der Waals surface area contributed by atoms with Crippen LogP contribution >= 0.6 is 12.4 Å². The van der Waals surface area contributed by atoms with Gasteiger partial charge in [-0.3, -0.25) is 0 Å². The van der Waals surface area contributed by atoms with E-state index in [1.807, 2.05) is 49.4 Å². The Labute approximate surface area is 84.6 Å². The summed E-state index contributed by atoms with van der Waals surface area (Å²) < 4.78 is 0. The van der Waals surface area contributed by atoms with Crippen molar-refractivity contribution in [2.24, 2.45) is 10.9 Å². The largest absolute Gasteiger partial charge is 0.323 e. The van der Waals surface area contributed by atoms with Crippen LogP contribution in [0.25, 0.3) is 6.08 Å². The predicted molar refractivity (Wildman–Crippen MR) is 60.0 cm³/mol. The van der Waals surface area contributed by atoms with Crippen LogP contribution in [0.3, 0.4) is 0 Å². The molecule has 0 aliphatic carbocycles. The summed E-state index contributed by atoms with van der Waals surface area (Å²) in [6, 6.07) is 10.0. The second-order valence-corrected chi connectivity index (χ2v) is 2.51. The average molecular weight is 197 g/mol. The zero-order chi connectivity index (χ0) is 8.81. The third-order valence-electron chi connectivity index (χ3n) is 1.52. The molecule has 0 saturated carbocycles. The molecule has 0 amide bonds. The molecule has 13 heavy (non-hydrogen) atoms. The topological polar surface area (TPSA) is 38.4 Å². The summed E-state index contributed by atoms with van der Waals surface area (Å²) in [7, 11) is 0. The van der Waals surface area contributed by atoms with Crippen LogP contribution < -0.4 is 5.84 Å². The lowest BCUT2D eigenvalue weighted by Gasteiger charge is -1.90. The van der Waals surface area contributed by atoms with Crippen LogP contribution in [-0.4, -0.2) is 5.71 Å². The quantitative estimate of drug-likeness (QED) is 0.441. The van der Waals surface area contributed by atoms with Crippen molar-refractivity contribution in [3.05, 3.63) is 42.0 Å². The van der Waals surface area contributed by atoms with Crippen LogP contribution in [-0.2, 0) is 0 Å². The molecular formula is C10H13ClN2. The molecule has 3 heteroatoms. The first-order valence-electron chi connectivity index (χ1n) is 3.80. The Morgan fingerprint density at radius 1 is 1.31 bits per heavy atom. The average Bonchev–Trinajstić information content (AvgIpc) is 2.16. The maximum Gasteiger partial charge on any atom is 0.0569 e. The molecule has 0 saturated heterocycles. The molecule has 0 atom stereocenters. The highest BCUT2D eigenvalue weighted by Crippen LogP contribution is 2.00. The summed E-state index contributed by atoms with van der Waals surface area (Å²) in [6.07, 6.45) is 3.86. The molecule has 1 rings (SSSR count). The van der Waals surface area contributed by atoms with Gasteiger partial charge in [0.05, 0.1) is 5.71 Å². The minimum atomic E-state index is 0. The Bertz CT molecular complexity index is 291. The second kappa shape index (κ2) is 6.26. The number of hydrogen-bond donors (Lipinski definition) is 1. The van der Waals surface area contributed by atoms with E-state index in [4.69, 9.17) is 5.84 Å². The number of rotatable bonds is 2. The summed E-state index contributed by atoms with van der Waals surface area (Å²) in [5.74, 6) is 5.07. The lowest BCUT2D eigenvalue weighted by Crippen LogP contribution is -1.90. The number of hydrogen-bond acceptors (Lipinski definition) is 2. The van der Waals surface area contributed by atoms with Crippen LogP contribution in [0.4, 0.5) is 0 Å². The summed E-state index contributed by atoms with van der Waals surface area (Å²) >= 11 is 0. The molecule has 0 aromatic heterocycles. The number of hydrazone groups is 1. The van der Waals surface area contributed by atoms with Gasteiger partial charge in [-0.15, -0.1) is 12.4 Å². The van der Waals surface area contributed by atoms with E-state index in [-0.39, 0.29) is 12.4 Å². The van der Waals surface area contributed by atoms with E-state index in [2.05, 4.69) is 5.10 Å². The summed E-state index contributed by atoms with van der Waals surface area (Å²) in [6.45, 7) is 1.86. The standard InChI is InChI=1S/C10H12N2.ClH/c1-9(12-11)7-8-10-5-3-2-4-6-10;/h2-8H,11H2,1H3;1H/b8-7+,12-9+;. The lowest BCUT2D eigenvalue weighted by atomic mass is 10.2. The van der Waals surface area contributed by atoms with Gasteiger partial charge in [0.15, 0.2) is 0 Å². The molecule has 2 N–H and O–H groups in total. The van der Waals surface area contributed by atoms with Gasteiger partial charge in [0, 0.05) is 0 Å². The van der Waals surface area contributed by atoms with Crippen molar-refractivity contribution < 1.29 is 0 Å². The molecule has 70 valence electrons. The first-order valence-corrected chi connectivity index (χ1v) is 3.80. The van der Waals surface area contributed by atoms with Crippen LogP contribution in [0.15, 0.2) is 41.5 Å².